The minimum atomic E-state index is -0.0650. The van der Waals surface area contributed by atoms with Gasteiger partial charge in [0.25, 0.3) is 5.91 Å². The molecule has 0 unspecified atom stereocenters. The fourth-order valence-corrected chi connectivity index (χ4v) is 2.86. The lowest BCUT2D eigenvalue weighted by atomic mass is 10.1. The van der Waals surface area contributed by atoms with Crippen molar-refractivity contribution in [3.05, 3.63) is 56.7 Å². The average molecular weight is 414 g/mol. The Morgan fingerprint density at radius 2 is 1.71 bits per heavy atom. The Hall–Kier alpha value is -1.07. The van der Waals surface area contributed by atoms with E-state index in [1.54, 1.807) is 0 Å². The smallest absolute Gasteiger partial charge is 0.268 e. The quantitative estimate of drug-likeness (QED) is 0.744. The third-order valence-electron chi connectivity index (χ3n) is 3.32. The van der Waals surface area contributed by atoms with Crippen LogP contribution in [0.25, 0.3) is 0 Å². The first kappa shape index (κ1) is 16.3. The van der Waals surface area contributed by atoms with Gasteiger partial charge in [-0.15, -0.1) is 0 Å². The van der Waals surface area contributed by atoms with Crippen molar-refractivity contribution in [2.75, 3.05) is 0 Å². The first-order valence-electron chi connectivity index (χ1n) is 6.82. The molecular weight excluding hydrogens is 396 g/mol. The fraction of sp³-hybridized carbons (Fsp3) is 0.312. The molecule has 0 saturated carbocycles. The van der Waals surface area contributed by atoms with Gasteiger partial charge in [-0.05, 0) is 60.5 Å². The molecule has 0 aliphatic rings. The molecule has 1 N–H and O–H groups in total. The molecule has 0 bridgehead atoms. The summed E-state index contributed by atoms with van der Waals surface area (Å²) in [5, 5.41) is 3.04. The minimum Gasteiger partial charge on any atom is -0.344 e. The van der Waals surface area contributed by atoms with E-state index in [0.29, 0.717) is 5.69 Å². The lowest BCUT2D eigenvalue weighted by Gasteiger charge is -2.17. The number of amides is 1. The summed E-state index contributed by atoms with van der Waals surface area (Å²) in [6.45, 7) is 6.10. The van der Waals surface area contributed by atoms with Crippen molar-refractivity contribution in [2.24, 2.45) is 0 Å². The molecule has 1 amide bonds. The van der Waals surface area contributed by atoms with Gasteiger partial charge < -0.3 is 9.88 Å². The largest absolute Gasteiger partial charge is 0.344 e. The normalized spacial score (nSPS) is 12.5. The second kappa shape index (κ2) is 6.79. The van der Waals surface area contributed by atoms with Gasteiger partial charge in [-0.3, -0.25) is 4.79 Å². The Kier molecular flexibility index (Phi) is 5.27. The van der Waals surface area contributed by atoms with Crippen LogP contribution in [0.2, 0.25) is 0 Å². The van der Waals surface area contributed by atoms with Gasteiger partial charge in [-0.1, -0.05) is 28.1 Å². The summed E-state index contributed by atoms with van der Waals surface area (Å²) in [7, 11) is 0. The molecule has 0 spiro atoms. The van der Waals surface area contributed by atoms with Crippen molar-refractivity contribution in [1.82, 2.24) is 9.88 Å². The Labute approximate surface area is 142 Å². The molecule has 0 radical (unpaired) electrons. The third kappa shape index (κ3) is 3.98. The number of nitrogens with zero attached hydrogens (tertiary/aromatic N) is 1. The third-order valence-corrected chi connectivity index (χ3v) is 4.28. The van der Waals surface area contributed by atoms with Crippen molar-refractivity contribution in [3.63, 3.8) is 0 Å². The lowest BCUT2D eigenvalue weighted by Crippen LogP contribution is -2.28. The van der Waals surface area contributed by atoms with Gasteiger partial charge in [0.2, 0.25) is 0 Å². The molecular formula is C16H18Br2N2O. The molecule has 1 heterocycles. The lowest BCUT2D eigenvalue weighted by molar-refractivity contribution is 0.0929. The summed E-state index contributed by atoms with van der Waals surface area (Å²) in [6, 6.07) is 10.0. The van der Waals surface area contributed by atoms with Crippen molar-refractivity contribution in [1.29, 1.82) is 0 Å². The number of benzene rings is 1. The molecule has 0 fully saturated rings. The molecule has 21 heavy (non-hydrogen) atoms. The summed E-state index contributed by atoms with van der Waals surface area (Å²) < 4.78 is 3.91. The van der Waals surface area contributed by atoms with Crippen LogP contribution < -0.4 is 5.32 Å². The Balaban J connectivity index is 2.16. The Morgan fingerprint density at radius 3 is 2.29 bits per heavy atom. The molecule has 2 rings (SSSR count). The number of rotatable bonds is 4. The first-order chi connectivity index (χ1) is 9.88. The molecule has 112 valence electrons. The van der Waals surface area contributed by atoms with Crippen LogP contribution in [0.1, 0.15) is 48.9 Å². The van der Waals surface area contributed by atoms with Crippen molar-refractivity contribution >= 4 is 37.8 Å². The number of aromatic nitrogens is 1. The zero-order valence-corrected chi connectivity index (χ0v) is 15.4. The highest BCUT2D eigenvalue weighted by atomic mass is 79.9. The van der Waals surface area contributed by atoms with Gasteiger partial charge in [-0.25, -0.2) is 0 Å². The van der Waals surface area contributed by atoms with E-state index in [1.807, 2.05) is 48.0 Å². The van der Waals surface area contributed by atoms with Gasteiger partial charge in [0.05, 0.1) is 6.04 Å². The van der Waals surface area contributed by atoms with Gasteiger partial charge in [-0.2, -0.15) is 0 Å². The first-order valence-corrected chi connectivity index (χ1v) is 8.40. The number of halogens is 2. The molecule has 1 aromatic heterocycles. The summed E-state index contributed by atoms with van der Waals surface area (Å²) in [5.74, 6) is -0.0650. The van der Waals surface area contributed by atoms with Crippen LogP contribution in [0.5, 0.6) is 0 Å². The van der Waals surface area contributed by atoms with E-state index in [2.05, 4.69) is 51.0 Å². The Morgan fingerprint density at radius 1 is 1.10 bits per heavy atom. The van der Waals surface area contributed by atoms with Crippen LogP contribution in [0.4, 0.5) is 0 Å². The molecule has 0 saturated heterocycles. The fourth-order valence-electron chi connectivity index (χ4n) is 2.16. The average Bonchev–Trinajstić information content (AvgIpc) is 2.82. The van der Waals surface area contributed by atoms with Crippen molar-refractivity contribution in [2.45, 2.75) is 32.9 Å². The summed E-state index contributed by atoms with van der Waals surface area (Å²) in [4.78, 5) is 12.5. The van der Waals surface area contributed by atoms with E-state index >= 15 is 0 Å². The molecule has 2 aromatic rings. The maximum absolute atomic E-state index is 12.5. The number of hydrogen-bond donors (Lipinski definition) is 1. The van der Waals surface area contributed by atoms with Gasteiger partial charge in [0.1, 0.15) is 5.69 Å². The van der Waals surface area contributed by atoms with E-state index in [1.165, 1.54) is 0 Å². The maximum Gasteiger partial charge on any atom is 0.268 e. The minimum absolute atomic E-state index is 0.0418. The second-order valence-corrected chi connectivity index (χ2v) is 7.12. The zero-order valence-electron chi connectivity index (χ0n) is 12.2. The van der Waals surface area contributed by atoms with Gasteiger partial charge in [0.15, 0.2) is 0 Å². The van der Waals surface area contributed by atoms with Crippen LogP contribution >= 0.6 is 31.9 Å². The molecule has 3 nitrogen and oxygen atoms in total. The van der Waals surface area contributed by atoms with Crippen LogP contribution in [0, 0.1) is 0 Å². The molecule has 5 heteroatoms. The Bertz CT molecular complexity index is 632. The van der Waals surface area contributed by atoms with Crippen LogP contribution in [-0.2, 0) is 0 Å². The monoisotopic (exact) mass is 412 g/mol. The van der Waals surface area contributed by atoms with Crippen molar-refractivity contribution in [3.8, 4) is 0 Å². The number of nitrogens with one attached hydrogen (secondary N) is 1. The molecule has 1 aromatic carbocycles. The SMILES string of the molecule is CC(C)n1cc(Br)cc1C(=O)N[C@H](C)c1ccc(Br)cc1. The van der Waals surface area contributed by atoms with Gasteiger partial charge >= 0.3 is 0 Å². The summed E-state index contributed by atoms with van der Waals surface area (Å²) >= 11 is 6.85. The van der Waals surface area contributed by atoms with Gasteiger partial charge in [0, 0.05) is 21.2 Å². The molecule has 0 aliphatic carbocycles. The highest BCUT2D eigenvalue weighted by Crippen LogP contribution is 2.21. The van der Waals surface area contributed by atoms with Crippen LogP contribution in [-0.4, -0.2) is 10.5 Å². The standard InChI is InChI=1S/C16H18Br2N2O/c1-10(2)20-9-14(18)8-15(20)16(21)19-11(3)12-4-6-13(17)7-5-12/h4-11H,1-3H3,(H,19,21)/t11-/m1/s1. The van der Waals surface area contributed by atoms with E-state index in [4.69, 9.17) is 0 Å². The predicted octanol–water partition coefficient (Wildman–Crippen LogP) is 5.09. The zero-order chi connectivity index (χ0) is 15.6. The number of carbonyl (C=O) groups excluding carboxylic acids is 1. The van der Waals surface area contributed by atoms with Crippen LogP contribution in [0.15, 0.2) is 45.5 Å². The molecule has 1 atom stereocenters. The summed E-state index contributed by atoms with van der Waals surface area (Å²) in [6.07, 6.45) is 1.93. The summed E-state index contributed by atoms with van der Waals surface area (Å²) in [5.41, 5.74) is 1.74. The topological polar surface area (TPSA) is 34.0 Å². The maximum atomic E-state index is 12.5. The molecule has 0 aliphatic heterocycles. The van der Waals surface area contributed by atoms with E-state index in [9.17, 15) is 4.79 Å². The number of carbonyl (C=O) groups is 1. The van der Waals surface area contributed by atoms with E-state index in [0.717, 1.165) is 14.5 Å². The number of hydrogen-bond acceptors (Lipinski definition) is 1. The highest BCUT2D eigenvalue weighted by Gasteiger charge is 2.17. The van der Waals surface area contributed by atoms with Crippen molar-refractivity contribution < 1.29 is 4.79 Å². The second-order valence-electron chi connectivity index (χ2n) is 5.29. The highest BCUT2D eigenvalue weighted by molar-refractivity contribution is 9.10. The predicted molar refractivity (Wildman–Crippen MR) is 92.5 cm³/mol. The van der Waals surface area contributed by atoms with Crippen LogP contribution in [0.3, 0.4) is 0 Å². The van der Waals surface area contributed by atoms with E-state index in [-0.39, 0.29) is 18.0 Å². The van der Waals surface area contributed by atoms with E-state index < -0.39 is 0 Å².